The van der Waals surface area contributed by atoms with Crippen LogP contribution in [0.2, 0.25) is 0 Å². The summed E-state index contributed by atoms with van der Waals surface area (Å²) in [6.07, 6.45) is 2.36. The maximum atomic E-state index is 14.4. The standard InChI is InChI=1S/C28H24F3N3O4S/c1-38-23-10-6-5-9-20(23)27(35)32-17-28(19-7-3-2-4-8-19)14-13-22-18(15-28)16-33-34(22)39(36,37)24-12-11-21(29)25(30)26(24)31/h2-12,16H,13-15,17H2,1H3,(H,32,35). The van der Waals surface area contributed by atoms with Gasteiger partial charge in [0.2, 0.25) is 0 Å². The van der Waals surface area contributed by atoms with E-state index in [0.717, 1.165) is 5.56 Å². The SMILES string of the molecule is COc1ccccc1C(=O)NCC1(c2ccccc2)CCc2c(cnn2S(=O)(=O)c2ccc(F)c(F)c2F)C1. The van der Waals surface area contributed by atoms with Gasteiger partial charge >= 0.3 is 0 Å². The summed E-state index contributed by atoms with van der Waals surface area (Å²) in [6.45, 7) is 0.239. The fraction of sp³-hybridized carbons (Fsp3) is 0.214. The van der Waals surface area contributed by atoms with E-state index < -0.39 is 37.8 Å². The fourth-order valence-corrected chi connectivity index (χ4v) is 6.49. The molecule has 5 rings (SSSR count). The number of aromatic nitrogens is 2. The van der Waals surface area contributed by atoms with Gasteiger partial charge in [0.05, 0.1) is 24.6 Å². The molecule has 4 aromatic rings. The van der Waals surface area contributed by atoms with Crippen LogP contribution < -0.4 is 10.1 Å². The maximum Gasteiger partial charge on any atom is 0.286 e. The van der Waals surface area contributed by atoms with Gasteiger partial charge in [0.25, 0.3) is 15.9 Å². The molecule has 0 saturated heterocycles. The van der Waals surface area contributed by atoms with Gasteiger partial charge in [-0.3, -0.25) is 4.79 Å². The minimum absolute atomic E-state index is 0.222. The van der Waals surface area contributed by atoms with Crippen LogP contribution in [0, 0.1) is 17.5 Å². The van der Waals surface area contributed by atoms with E-state index >= 15 is 0 Å². The minimum atomic E-state index is -4.64. The summed E-state index contributed by atoms with van der Waals surface area (Å²) in [4.78, 5) is 12.1. The van der Waals surface area contributed by atoms with E-state index in [4.69, 9.17) is 4.74 Å². The molecular formula is C28H24F3N3O4S. The first kappa shape index (κ1) is 26.5. The first-order chi connectivity index (χ1) is 18.7. The van der Waals surface area contributed by atoms with Crippen LogP contribution in [0.1, 0.15) is 33.6 Å². The zero-order valence-electron chi connectivity index (χ0n) is 20.8. The predicted octanol–water partition coefficient (Wildman–Crippen LogP) is 4.40. The second kappa shape index (κ2) is 10.2. The number of nitrogens with one attached hydrogen (secondary N) is 1. The zero-order chi connectivity index (χ0) is 27.8. The lowest BCUT2D eigenvalue weighted by Gasteiger charge is -2.38. The average Bonchev–Trinajstić information content (AvgIpc) is 3.39. The van der Waals surface area contributed by atoms with Crippen molar-refractivity contribution in [2.75, 3.05) is 13.7 Å². The van der Waals surface area contributed by atoms with Crippen LogP contribution in [0.4, 0.5) is 13.2 Å². The topological polar surface area (TPSA) is 90.3 Å². The molecule has 0 aliphatic heterocycles. The molecule has 1 amide bonds. The largest absolute Gasteiger partial charge is 0.496 e. The summed E-state index contributed by atoms with van der Waals surface area (Å²) in [6, 6.07) is 17.6. The number of hydrogen-bond donors (Lipinski definition) is 1. The van der Waals surface area contributed by atoms with Crippen molar-refractivity contribution < 1.29 is 31.1 Å². The number of nitrogens with zero attached hydrogens (tertiary/aromatic N) is 2. The predicted molar refractivity (Wildman–Crippen MR) is 137 cm³/mol. The molecule has 1 aromatic heterocycles. The van der Waals surface area contributed by atoms with Crippen molar-refractivity contribution in [1.82, 2.24) is 14.5 Å². The number of carbonyl (C=O) groups excluding carboxylic acids is 1. The smallest absolute Gasteiger partial charge is 0.286 e. The second-order valence-corrected chi connectivity index (χ2v) is 11.1. The van der Waals surface area contributed by atoms with Gasteiger partial charge in [0, 0.05) is 12.0 Å². The Labute approximate surface area is 223 Å². The molecule has 0 spiro atoms. The van der Waals surface area contributed by atoms with Crippen LogP contribution in [-0.2, 0) is 28.3 Å². The molecule has 202 valence electrons. The number of rotatable bonds is 7. The van der Waals surface area contributed by atoms with Gasteiger partial charge in [0.15, 0.2) is 17.5 Å². The first-order valence-corrected chi connectivity index (χ1v) is 13.5. The second-order valence-electron chi connectivity index (χ2n) is 9.34. The van der Waals surface area contributed by atoms with Crippen LogP contribution in [0.25, 0.3) is 0 Å². The van der Waals surface area contributed by atoms with Gasteiger partial charge in [-0.25, -0.2) is 13.2 Å². The monoisotopic (exact) mass is 555 g/mol. The molecule has 0 bridgehead atoms. The molecule has 11 heteroatoms. The first-order valence-electron chi connectivity index (χ1n) is 12.1. The molecule has 1 aliphatic rings. The molecule has 0 saturated carbocycles. The number of halogens is 3. The number of para-hydroxylation sites is 1. The summed E-state index contributed by atoms with van der Waals surface area (Å²) in [5.74, 6) is -5.04. The lowest BCUT2D eigenvalue weighted by atomic mass is 9.69. The molecule has 0 radical (unpaired) electrons. The van der Waals surface area contributed by atoms with Crippen molar-refractivity contribution in [3.8, 4) is 5.75 Å². The van der Waals surface area contributed by atoms with Crippen LogP contribution in [0.3, 0.4) is 0 Å². The molecule has 1 atom stereocenters. The van der Waals surface area contributed by atoms with Gasteiger partial charge < -0.3 is 10.1 Å². The number of fused-ring (bicyclic) bond motifs is 1. The minimum Gasteiger partial charge on any atom is -0.496 e. The summed E-state index contributed by atoms with van der Waals surface area (Å²) < 4.78 is 74.1. The summed E-state index contributed by atoms with van der Waals surface area (Å²) in [5, 5.41) is 7.01. The van der Waals surface area contributed by atoms with Crippen LogP contribution in [-0.4, -0.2) is 37.2 Å². The van der Waals surface area contributed by atoms with Gasteiger partial charge in [0.1, 0.15) is 10.6 Å². The van der Waals surface area contributed by atoms with E-state index in [1.54, 1.807) is 24.3 Å². The Hall–Kier alpha value is -4.12. The number of ether oxygens (including phenoxy) is 1. The van der Waals surface area contributed by atoms with Gasteiger partial charge in [-0.05, 0) is 54.7 Å². The number of methoxy groups -OCH3 is 1. The number of hydrogen-bond acceptors (Lipinski definition) is 5. The fourth-order valence-electron chi connectivity index (χ4n) is 5.08. The Kier molecular flexibility index (Phi) is 6.94. The lowest BCUT2D eigenvalue weighted by Crippen LogP contribution is -2.45. The van der Waals surface area contributed by atoms with Crippen molar-refractivity contribution >= 4 is 15.9 Å². The Morgan fingerprint density at radius 2 is 1.74 bits per heavy atom. The van der Waals surface area contributed by atoms with Crippen molar-refractivity contribution in [3.63, 3.8) is 0 Å². The van der Waals surface area contributed by atoms with Gasteiger partial charge in [-0.1, -0.05) is 42.5 Å². The zero-order valence-corrected chi connectivity index (χ0v) is 21.6. The highest BCUT2D eigenvalue weighted by atomic mass is 32.2. The molecular weight excluding hydrogens is 531 g/mol. The van der Waals surface area contributed by atoms with E-state index in [2.05, 4.69) is 10.4 Å². The van der Waals surface area contributed by atoms with E-state index in [-0.39, 0.29) is 18.9 Å². The molecule has 1 N–H and O–H groups in total. The quantitative estimate of drug-likeness (QED) is 0.342. The van der Waals surface area contributed by atoms with Gasteiger partial charge in [-0.15, -0.1) is 0 Å². The van der Waals surface area contributed by atoms with Crippen LogP contribution >= 0.6 is 0 Å². The van der Waals surface area contributed by atoms with Crippen molar-refractivity contribution in [2.24, 2.45) is 0 Å². The maximum absolute atomic E-state index is 14.4. The number of carbonyl (C=O) groups is 1. The molecule has 1 aliphatic carbocycles. The Balaban J connectivity index is 1.48. The summed E-state index contributed by atoms with van der Waals surface area (Å²) in [7, 11) is -3.15. The van der Waals surface area contributed by atoms with E-state index in [1.807, 2.05) is 30.3 Å². The summed E-state index contributed by atoms with van der Waals surface area (Å²) >= 11 is 0. The normalized spacial score (nSPS) is 16.9. The highest BCUT2D eigenvalue weighted by Gasteiger charge is 2.40. The van der Waals surface area contributed by atoms with Crippen molar-refractivity contribution in [3.05, 3.63) is 113 Å². The van der Waals surface area contributed by atoms with Crippen molar-refractivity contribution in [2.45, 2.75) is 29.6 Å². The molecule has 0 fully saturated rings. The van der Waals surface area contributed by atoms with Crippen LogP contribution in [0.15, 0.2) is 77.8 Å². The number of benzene rings is 3. The highest BCUT2D eigenvalue weighted by Crippen LogP contribution is 2.39. The summed E-state index contributed by atoms with van der Waals surface area (Å²) in [5.41, 5.74) is 1.63. The third-order valence-electron chi connectivity index (χ3n) is 7.12. The van der Waals surface area contributed by atoms with Crippen molar-refractivity contribution in [1.29, 1.82) is 0 Å². The third-order valence-corrected chi connectivity index (χ3v) is 8.76. The molecule has 1 heterocycles. The Morgan fingerprint density at radius 3 is 2.49 bits per heavy atom. The van der Waals surface area contributed by atoms with E-state index in [0.29, 0.717) is 51.6 Å². The molecule has 3 aromatic carbocycles. The third kappa shape index (κ3) is 4.67. The van der Waals surface area contributed by atoms with E-state index in [1.165, 1.54) is 13.3 Å². The Morgan fingerprint density at radius 1 is 1.03 bits per heavy atom. The van der Waals surface area contributed by atoms with Gasteiger partial charge in [-0.2, -0.15) is 17.6 Å². The molecule has 7 nitrogen and oxygen atoms in total. The number of amides is 1. The Bertz CT molecular complexity index is 1660. The lowest BCUT2D eigenvalue weighted by molar-refractivity contribution is 0.0937. The van der Waals surface area contributed by atoms with E-state index in [9.17, 15) is 26.4 Å². The average molecular weight is 556 g/mol. The molecule has 1 unspecified atom stereocenters. The highest BCUT2D eigenvalue weighted by molar-refractivity contribution is 7.89. The molecule has 39 heavy (non-hydrogen) atoms. The van der Waals surface area contributed by atoms with Crippen LogP contribution in [0.5, 0.6) is 5.75 Å².